The Bertz CT molecular complexity index is 601. The van der Waals surface area contributed by atoms with Crippen molar-refractivity contribution in [3.63, 3.8) is 0 Å². The molecule has 0 saturated carbocycles. The molecule has 20 heavy (non-hydrogen) atoms. The van der Waals surface area contributed by atoms with Crippen LogP contribution >= 0.6 is 15.9 Å². The van der Waals surface area contributed by atoms with Crippen LogP contribution in [0.2, 0.25) is 0 Å². The van der Waals surface area contributed by atoms with E-state index in [0.717, 1.165) is 29.8 Å². The molecule has 1 atom stereocenters. The predicted octanol–water partition coefficient (Wildman–Crippen LogP) is 3.63. The molecule has 0 bridgehead atoms. The van der Waals surface area contributed by atoms with Crippen molar-refractivity contribution >= 4 is 15.9 Å². The molecule has 0 fully saturated rings. The van der Waals surface area contributed by atoms with Crippen LogP contribution in [0.25, 0.3) is 0 Å². The number of nitrogens with one attached hydrogen (secondary N) is 1. The number of hydrogen-bond donors (Lipinski definition) is 1. The number of fused-ring (bicyclic) bond motifs is 1. The molecule has 3 rings (SSSR count). The van der Waals surface area contributed by atoms with Gasteiger partial charge in [-0.25, -0.2) is 0 Å². The number of halogens is 1. The quantitative estimate of drug-likeness (QED) is 0.928. The van der Waals surface area contributed by atoms with Crippen LogP contribution in [0.15, 0.2) is 41.1 Å². The van der Waals surface area contributed by atoms with Gasteiger partial charge in [0.25, 0.3) is 0 Å². The van der Waals surface area contributed by atoms with Crippen molar-refractivity contribution in [3.8, 4) is 5.75 Å². The molecule has 0 spiro atoms. The molecule has 1 aliphatic heterocycles. The van der Waals surface area contributed by atoms with Crippen molar-refractivity contribution in [3.05, 3.63) is 57.8 Å². The molecule has 0 amide bonds. The minimum Gasteiger partial charge on any atom is -0.493 e. The number of aromatic nitrogens is 1. The molecule has 2 heterocycles. The molecule has 1 aromatic heterocycles. The third-order valence-corrected chi connectivity index (χ3v) is 4.07. The largest absolute Gasteiger partial charge is 0.493 e. The first-order chi connectivity index (χ1) is 9.74. The molecule has 1 aromatic carbocycles. The molecule has 0 unspecified atom stereocenters. The average Bonchev–Trinajstić information content (AvgIpc) is 2.93. The van der Waals surface area contributed by atoms with Gasteiger partial charge in [-0.2, -0.15) is 0 Å². The van der Waals surface area contributed by atoms with E-state index in [-0.39, 0.29) is 6.04 Å². The number of nitrogens with zero attached hydrogens (tertiary/aromatic N) is 1. The standard InChI is InChI=1S/C16H17BrN2O/c1-11(13-3-2-5-18-9-13)19-10-14-8-15(17)7-12-4-6-20-16(12)14/h2-3,5,7-9,11,19H,4,6,10H2,1H3/t11-/m0/s1. The summed E-state index contributed by atoms with van der Waals surface area (Å²) in [4.78, 5) is 4.16. The maximum absolute atomic E-state index is 5.75. The maximum atomic E-state index is 5.75. The number of rotatable bonds is 4. The van der Waals surface area contributed by atoms with Crippen molar-refractivity contribution in [1.82, 2.24) is 10.3 Å². The SMILES string of the molecule is C[C@H](NCc1cc(Br)cc2c1OCC2)c1cccnc1. The fraction of sp³-hybridized carbons (Fsp3) is 0.312. The lowest BCUT2D eigenvalue weighted by Gasteiger charge is -2.15. The van der Waals surface area contributed by atoms with Crippen LogP contribution in [0.1, 0.15) is 29.7 Å². The van der Waals surface area contributed by atoms with Crippen LogP contribution in [0.4, 0.5) is 0 Å². The van der Waals surface area contributed by atoms with Gasteiger partial charge in [0, 0.05) is 41.4 Å². The maximum Gasteiger partial charge on any atom is 0.127 e. The molecule has 0 radical (unpaired) electrons. The summed E-state index contributed by atoms with van der Waals surface area (Å²) in [5.41, 5.74) is 3.70. The highest BCUT2D eigenvalue weighted by molar-refractivity contribution is 9.10. The Kier molecular flexibility index (Phi) is 4.03. The van der Waals surface area contributed by atoms with Crippen LogP contribution in [0.5, 0.6) is 5.75 Å². The molecule has 3 nitrogen and oxygen atoms in total. The minimum absolute atomic E-state index is 0.264. The third kappa shape index (κ3) is 2.86. The monoisotopic (exact) mass is 332 g/mol. The van der Waals surface area contributed by atoms with Gasteiger partial charge < -0.3 is 10.1 Å². The predicted molar refractivity (Wildman–Crippen MR) is 82.8 cm³/mol. The number of pyridine rings is 1. The molecule has 0 aliphatic carbocycles. The summed E-state index contributed by atoms with van der Waals surface area (Å²) in [6, 6.07) is 8.60. The molecular formula is C16H17BrN2O. The van der Waals surface area contributed by atoms with E-state index in [2.05, 4.69) is 51.4 Å². The zero-order valence-electron chi connectivity index (χ0n) is 11.4. The molecule has 1 aliphatic rings. The lowest BCUT2D eigenvalue weighted by Crippen LogP contribution is -2.18. The smallest absolute Gasteiger partial charge is 0.127 e. The fourth-order valence-corrected chi connectivity index (χ4v) is 3.04. The summed E-state index contributed by atoms with van der Waals surface area (Å²) in [6.07, 6.45) is 4.70. The van der Waals surface area contributed by atoms with Crippen LogP contribution in [-0.2, 0) is 13.0 Å². The van der Waals surface area contributed by atoms with Crippen LogP contribution in [-0.4, -0.2) is 11.6 Å². The number of ether oxygens (including phenoxy) is 1. The van der Waals surface area contributed by atoms with E-state index in [0.29, 0.717) is 0 Å². The van der Waals surface area contributed by atoms with Gasteiger partial charge in [0.1, 0.15) is 5.75 Å². The van der Waals surface area contributed by atoms with Gasteiger partial charge in [-0.1, -0.05) is 22.0 Å². The van der Waals surface area contributed by atoms with E-state index >= 15 is 0 Å². The molecule has 2 aromatic rings. The van der Waals surface area contributed by atoms with E-state index in [4.69, 9.17) is 4.74 Å². The summed E-state index contributed by atoms with van der Waals surface area (Å²) in [7, 11) is 0. The Labute approximate surface area is 127 Å². The third-order valence-electron chi connectivity index (χ3n) is 3.61. The first-order valence-corrected chi connectivity index (χ1v) is 7.61. The van der Waals surface area contributed by atoms with Crippen LogP contribution in [0, 0.1) is 0 Å². The number of hydrogen-bond acceptors (Lipinski definition) is 3. The van der Waals surface area contributed by atoms with Gasteiger partial charge in [0.05, 0.1) is 6.61 Å². The van der Waals surface area contributed by atoms with E-state index in [9.17, 15) is 0 Å². The summed E-state index contributed by atoms with van der Waals surface area (Å²) >= 11 is 3.57. The fourth-order valence-electron chi connectivity index (χ4n) is 2.49. The summed E-state index contributed by atoms with van der Waals surface area (Å²) in [5, 5.41) is 3.53. The Morgan fingerprint density at radius 3 is 3.15 bits per heavy atom. The second kappa shape index (κ2) is 5.94. The zero-order chi connectivity index (χ0) is 13.9. The first kappa shape index (κ1) is 13.6. The molecule has 0 saturated heterocycles. The van der Waals surface area contributed by atoms with Crippen LogP contribution in [0.3, 0.4) is 0 Å². The Morgan fingerprint density at radius 1 is 1.45 bits per heavy atom. The van der Waals surface area contributed by atoms with Gasteiger partial charge in [0.15, 0.2) is 0 Å². The van der Waals surface area contributed by atoms with Crippen molar-refractivity contribution in [2.75, 3.05) is 6.61 Å². The van der Waals surface area contributed by atoms with Gasteiger partial charge in [-0.3, -0.25) is 4.98 Å². The molecule has 1 N–H and O–H groups in total. The number of benzene rings is 1. The lowest BCUT2D eigenvalue weighted by molar-refractivity contribution is 0.351. The van der Waals surface area contributed by atoms with E-state index in [1.807, 2.05) is 12.3 Å². The Hall–Kier alpha value is -1.39. The lowest BCUT2D eigenvalue weighted by atomic mass is 10.1. The minimum atomic E-state index is 0.264. The normalized spacial score (nSPS) is 14.7. The molecular weight excluding hydrogens is 316 g/mol. The van der Waals surface area contributed by atoms with Gasteiger partial charge in [-0.15, -0.1) is 0 Å². The summed E-state index contributed by atoms with van der Waals surface area (Å²) in [6.45, 7) is 3.73. The van der Waals surface area contributed by atoms with E-state index in [1.165, 1.54) is 16.7 Å². The highest BCUT2D eigenvalue weighted by Crippen LogP contribution is 2.33. The second-order valence-electron chi connectivity index (χ2n) is 5.04. The average molecular weight is 333 g/mol. The highest BCUT2D eigenvalue weighted by atomic mass is 79.9. The Balaban J connectivity index is 1.73. The van der Waals surface area contributed by atoms with Crippen molar-refractivity contribution in [2.45, 2.75) is 25.9 Å². The highest BCUT2D eigenvalue weighted by Gasteiger charge is 2.17. The van der Waals surface area contributed by atoms with E-state index < -0.39 is 0 Å². The summed E-state index contributed by atoms with van der Waals surface area (Å²) < 4.78 is 6.87. The van der Waals surface area contributed by atoms with Crippen molar-refractivity contribution < 1.29 is 4.74 Å². The van der Waals surface area contributed by atoms with Crippen molar-refractivity contribution in [2.24, 2.45) is 0 Å². The molecule has 104 valence electrons. The molecule has 4 heteroatoms. The van der Waals surface area contributed by atoms with Gasteiger partial charge in [0.2, 0.25) is 0 Å². The van der Waals surface area contributed by atoms with Crippen LogP contribution < -0.4 is 10.1 Å². The van der Waals surface area contributed by atoms with Gasteiger partial charge in [-0.05, 0) is 36.2 Å². The van der Waals surface area contributed by atoms with Crippen molar-refractivity contribution in [1.29, 1.82) is 0 Å². The Morgan fingerprint density at radius 2 is 2.35 bits per heavy atom. The van der Waals surface area contributed by atoms with Gasteiger partial charge >= 0.3 is 0 Å². The summed E-state index contributed by atoms with van der Waals surface area (Å²) in [5.74, 6) is 1.05. The first-order valence-electron chi connectivity index (χ1n) is 6.81. The second-order valence-corrected chi connectivity index (χ2v) is 5.96. The zero-order valence-corrected chi connectivity index (χ0v) is 13.0. The topological polar surface area (TPSA) is 34.1 Å². The van der Waals surface area contributed by atoms with E-state index in [1.54, 1.807) is 6.20 Å².